The zero-order valence-electron chi connectivity index (χ0n) is 23.7. The van der Waals surface area contributed by atoms with Crippen molar-refractivity contribution in [3.63, 3.8) is 0 Å². The van der Waals surface area contributed by atoms with Crippen molar-refractivity contribution in [2.24, 2.45) is 0 Å². The molecule has 0 spiro atoms. The molecule has 1 N–H and O–H groups in total. The van der Waals surface area contributed by atoms with Crippen LogP contribution < -0.4 is 10.1 Å². The average Bonchev–Trinajstić information content (AvgIpc) is 3.06. The van der Waals surface area contributed by atoms with Crippen molar-refractivity contribution in [1.82, 2.24) is 0 Å². The molecule has 0 amide bonds. The van der Waals surface area contributed by atoms with Crippen molar-refractivity contribution in [3.8, 4) is 23.6 Å². The van der Waals surface area contributed by atoms with Gasteiger partial charge in [0, 0.05) is 16.8 Å². The summed E-state index contributed by atoms with van der Waals surface area (Å²) in [6.45, 7) is 1.99. The summed E-state index contributed by atoms with van der Waals surface area (Å²) in [6.07, 6.45) is 0. The molecule has 0 radical (unpaired) electrons. The number of nitriles is 2. The van der Waals surface area contributed by atoms with Crippen LogP contribution in [0.15, 0.2) is 130 Å². The summed E-state index contributed by atoms with van der Waals surface area (Å²) in [5.41, 5.74) is 2.86. The van der Waals surface area contributed by atoms with E-state index in [1.807, 2.05) is 128 Å². The predicted octanol–water partition coefficient (Wildman–Crippen LogP) is 10.3. The highest BCUT2D eigenvalue weighted by Crippen LogP contribution is 2.45. The van der Waals surface area contributed by atoms with Gasteiger partial charge in [-0.2, -0.15) is 10.5 Å². The van der Waals surface area contributed by atoms with Gasteiger partial charge in [-0.05, 0) is 47.5 Å². The molecular weight excluding hydrogens is 546 g/mol. The van der Waals surface area contributed by atoms with Crippen LogP contribution in [0, 0.1) is 22.7 Å². The van der Waals surface area contributed by atoms with E-state index in [4.69, 9.17) is 13.6 Å². The molecule has 6 nitrogen and oxygen atoms in total. The molecule has 7 rings (SSSR count). The summed E-state index contributed by atoms with van der Waals surface area (Å²) in [6, 6.07) is 43.1. The van der Waals surface area contributed by atoms with Crippen molar-refractivity contribution < 1.29 is 13.6 Å². The molecule has 0 aliphatic rings. The maximum absolute atomic E-state index is 10.5. The topological polar surface area (TPSA) is 95.1 Å². The van der Waals surface area contributed by atoms with Crippen molar-refractivity contribution in [2.75, 3.05) is 5.32 Å². The first-order valence-electron chi connectivity index (χ1n) is 14.2. The molecule has 1 unspecified atom stereocenters. The van der Waals surface area contributed by atoms with Crippen LogP contribution in [-0.4, -0.2) is 0 Å². The molecule has 1 atom stereocenters. The second-order valence-electron chi connectivity index (χ2n) is 10.4. The molecule has 6 aromatic carbocycles. The molecule has 44 heavy (non-hydrogen) atoms. The molecule has 6 heteroatoms. The highest BCUT2D eigenvalue weighted by molar-refractivity contribution is 6.04. The van der Waals surface area contributed by atoms with Gasteiger partial charge in [0.2, 0.25) is 5.58 Å². The van der Waals surface area contributed by atoms with E-state index in [9.17, 15) is 10.5 Å². The van der Waals surface area contributed by atoms with E-state index >= 15 is 0 Å². The minimum Gasteiger partial charge on any atom is -0.451 e. The van der Waals surface area contributed by atoms with Crippen LogP contribution in [0.2, 0.25) is 0 Å². The summed E-state index contributed by atoms with van der Waals surface area (Å²) < 4.78 is 19.8. The first-order chi connectivity index (χ1) is 21.6. The van der Waals surface area contributed by atoms with Crippen molar-refractivity contribution in [1.29, 1.82) is 10.5 Å². The van der Waals surface area contributed by atoms with Gasteiger partial charge in [0.05, 0.1) is 0 Å². The first kappa shape index (κ1) is 26.6. The van der Waals surface area contributed by atoms with E-state index in [0.717, 1.165) is 27.1 Å². The number of benzene rings is 6. The van der Waals surface area contributed by atoms with Crippen molar-refractivity contribution >= 4 is 49.6 Å². The van der Waals surface area contributed by atoms with E-state index in [-0.39, 0.29) is 34.1 Å². The Balaban J connectivity index is 1.60. The Hall–Kier alpha value is -6.24. The van der Waals surface area contributed by atoms with Gasteiger partial charge < -0.3 is 18.9 Å². The molecule has 0 bridgehead atoms. The normalized spacial score (nSPS) is 11.6. The Morgan fingerprint density at radius 1 is 0.636 bits per heavy atom. The Kier molecular flexibility index (Phi) is 6.79. The fourth-order valence-electron chi connectivity index (χ4n) is 5.49. The fraction of sp³-hybridized carbons (Fsp3) is 0.0526. The second kappa shape index (κ2) is 11.2. The lowest BCUT2D eigenvalue weighted by Crippen LogP contribution is -2.10. The molecular formula is C38H25N3O3. The summed E-state index contributed by atoms with van der Waals surface area (Å²) in [5, 5.41) is 28.2. The fourth-order valence-corrected chi connectivity index (χ4v) is 5.49. The highest BCUT2D eigenvalue weighted by atomic mass is 16.5. The lowest BCUT2D eigenvalue weighted by atomic mass is 10.0. The van der Waals surface area contributed by atoms with Gasteiger partial charge in [-0.3, -0.25) is 0 Å². The zero-order chi connectivity index (χ0) is 30.0. The van der Waals surface area contributed by atoms with E-state index in [1.165, 1.54) is 0 Å². The smallest absolute Gasteiger partial charge is 0.216 e. The van der Waals surface area contributed by atoms with Gasteiger partial charge in [-0.1, -0.05) is 97.1 Å². The van der Waals surface area contributed by atoms with Gasteiger partial charge in [0.1, 0.15) is 45.9 Å². The number of rotatable bonds is 5. The number of ether oxygens (including phenoxy) is 1. The molecule has 0 aliphatic carbocycles. The molecule has 0 saturated carbocycles. The molecule has 210 valence electrons. The summed E-state index contributed by atoms with van der Waals surface area (Å²) in [5.74, 6) is 0.775. The number of anilines is 1. The quantitative estimate of drug-likeness (QED) is 0.221. The van der Waals surface area contributed by atoms with E-state index in [1.54, 1.807) is 0 Å². The molecule has 0 fully saturated rings. The Labute approximate surface area is 253 Å². The number of nitrogens with zero attached hydrogens (tertiary/aromatic N) is 2. The third kappa shape index (κ3) is 4.71. The van der Waals surface area contributed by atoms with Gasteiger partial charge in [0.15, 0.2) is 11.3 Å². The molecule has 1 aromatic heterocycles. The third-order valence-electron chi connectivity index (χ3n) is 7.68. The lowest BCUT2D eigenvalue weighted by Gasteiger charge is -2.21. The maximum atomic E-state index is 10.5. The van der Waals surface area contributed by atoms with Crippen LogP contribution in [0.1, 0.15) is 29.7 Å². The zero-order valence-corrected chi connectivity index (χ0v) is 23.7. The van der Waals surface area contributed by atoms with Crippen LogP contribution >= 0.6 is 0 Å². The molecule has 0 saturated heterocycles. The van der Waals surface area contributed by atoms with Crippen LogP contribution in [0.3, 0.4) is 0 Å². The Morgan fingerprint density at radius 2 is 1.23 bits per heavy atom. The monoisotopic (exact) mass is 571 g/mol. The number of hydrogen-bond donors (Lipinski definition) is 1. The summed E-state index contributed by atoms with van der Waals surface area (Å²) in [7, 11) is 0. The lowest BCUT2D eigenvalue weighted by molar-refractivity contribution is 0.474. The number of para-hydroxylation sites is 2. The van der Waals surface area contributed by atoms with E-state index in [2.05, 4.69) is 17.5 Å². The second-order valence-corrected chi connectivity index (χ2v) is 10.4. The Bertz CT molecular complexity index is 2340. The van der Waals surface area contributed by atoms with E-state index < -0.39 is 0 Å². The largest absolute Gasteiger partial charge is 0.451 e. The van der Waals surface area contributed by atoms with Crippen LogP contribution in [0.4, 0.5) is 5.69 Å². The van der Waals surface area contributed by atoms with Crippen LogP contribution in [0.25, 0.3) is 43.9 Å². The number of fused-ring (bicyclic) bond motifs is 5. The van der Waals surface area contributed by atoms with E-state index in [0.29, 0.717) is 22.6 Å². The summed E-state index contributed by atoms with van der Waals surface area (Å²) in [4.78, 5) is 0. The third-order valence-corrected chi connectivity index (χ3v) is 7.68. The van der Waals surface area contributed by atoms with Gasteiger partial charge in [0.25, 0.3) is 0 Å². The highest BCUT2D eigenvalue weighted by Gasteiger charge is 2.26. The van der Waals surface area contributed by atoms with Crippen LogP contribution in [0.5, 0.6) is 11.5 Å². The standard InChI is InChI=1S/C38H25N3O3/c1-24(25-11-3-2-4-12-25)41-35-31(22-39)32(23-40)36-38(37(35)42-28-20-19-26-13-5-6-14-27(26)21-28)44-34-18-10-8-16-30(34)29-15-7-9-17-33(29)43-36/h2-21,24,41H,1H3. The average molecular weight is 572 g/mol. The first-order valence-corrected chi connectivity index (χ1v) is 14.2. The Morgan fingerprint density at radius 3 is 1.91 bits per heavy atom. The number of nitrogens with one attached hydrogen (secondary N) is 1. The predicted molar refractivity (Wildman–Crippen MR) is 173 cm³/mol. The maximum Gasteiger partial charge on any atom is 0.216 e. The minimum absolute atomic E-state index is 0.0466. The molecule has 1 heterocycles. The van der Waals surface area contributed by atoms with Crippen LogP contribution in [-0.2, 0) is 0 Å². The SMILES string of the molecule is CC(Nc1c(C#N)c(C#N)c2oc3ccccc3c3ccccc3oc2c1Oc1ccc2ccccc2c1)c1ccccc1. The molecule has 0 aliphatic heterocycles. The van der Waals surface area contributed by atoms with Gasteiger partial charge in [-0.25, -0.2) is 0 Å². The minimum atomic E-state index is -0.241. The van der Waals surface area contributed by atoms with Gasteiger partial charge >= 0.3 is 0 Å². The van der Waals surface area contributed by atoms with Crippen molar-refractivity contribution in [2.45, 2.75) is 13.0 Å². The van der Waals surface area contributed by atoms with Gasteiger partial charge in [-0.15, -0.1) is 0 Å². The number of hydrogen-bond acceptors (Lipinski definition) is 6. The molecule has 7 aromatic rings. The summed E-state index contributed by atoms with van der Waals surface area (Å²) >= 11 is 0. The van der Waals surface area contributed by atoms with Crippen molar-refractivity contribution in [3.05, 3.63) is 138 Å².